The van der Waals surface area contributed by atoms with Crippen molar-refractivity contribution >= 4 is 23.1 Å². The fourth-order valence-electron chi connectivity index (χ4n) is 2.28. The third-order valence-corrected chi connectivity index (χ3v) is 3.44. The van der Waals surface area contributed by atoms with Crippen LogP contribution in [-0.4, -0.2) is 15.9 Å². The molecule has 0 aliphatic carbocycles. The van der Waals surface area contributed by atoms with Gasteiger partial charge in [-0.2, -0.15) is 5.26 Å². The summed E-state index contributed by atoms with van der Waals surface area (Å²) in [5.41, 5.74) is 3.26. The minimum Gasteiger partial charge on any atom is -0.340 e. The summed E-state index contributed by atoms with van der Waals surface area (Å²) in [5, 5.41) is 14.8. The Bertz CT molecular complexity index is 962. The molecule has 0 saturated carbocycles. The van der Waals surface area contributed by atoms with Crippen LogP contribution in [0.5, 0.6) is 0 Å². The van der Waals surface area contributed by atoms with Gasteiger partial charge in [0, 0.05) is 17.4 Å². The second-order valence-corrected chi connectivity index (χ2v) is 5.43. The van der Waals surface area contributed by atoms with E-state index < -0.39 is 0 Å². The van der Waals surface area contributed by atoms with E-state index in [1.165, 1.54) is 6.33 Å². The molecule has 3 rings (SSSR count). The van der Waals surface area contributed by atoms with Gasteiger partial charge in [-0.1, -0.05) is 18.2 Å². The lowest BCUT2D eigenvalue weighted by atomic mass is 10.2. The standard InChI is InChI=1S/C19H15N5O/c1-13-4-2-6-15(8-13)24-19(25)17-10-18(22-12-21-17)23-16-7-3-5-14(9-16)11-20/h2-10,12H,1H3,(H,24,25)(H,21,22,23). The molecule has 0 spiro atoms. The molecule has 0 unspecified atom stereocenters. The summed E-state index contributed by atoms with van der Waals surface area (Å²) in [7, 11) is 0. The summed E-state index contributed by atoms with van der Waals surface area (Å²) in [5.74, 6) is 0.154. The maximum absolute atomic E-state index is 12.4. The van der Waals surface area contributed by atoms with Gasteiger partial charge in [0.2, 0.25) is 0 Å². The van der Waals surface area contributed by atoms with Crippen LogP contribution in [0.25, 0.3) is 0 Å². The average Bonchev–Trinajstić information content (AvgIpc) is 2.62. The van der Waals surface area contributed by atoms with Crippen LogP contribution in [0.15, 0.2) is 60.9 Å². The molecule has 0 atom stereocenters. The molecule has 0 saturated heterocycles. The van der Waals surface area contributed by atoms with Crippen LogP contribution in [0.1, 0.15) is 21.6 Å². The summed E-state index contributed by atoms with van der Waals surface area (Å²) in [6.07, 6.45) is 1.32. The lowest BCUT2D eigenvalue weighted by Crippen LogP contribution is -2.14. The van der Waals surface area contributed by atoms with Crippen molar-refractivity contribution in [3.05, 3.63) is 77.7 Å². The number of amides is 1. The van der Waals surface area contributed by atoms with Gasteiger partial charge in [0.05, 0.1) is 11.6 Å². The number of nitrogens with one attached hydrogen (secondary N) is 2. The van der Waals surface area contributed by atoms with E-state index in [0.29, 0.717) is 22.8 Å². The van der Waals surface area contributed by atoms with E-state index in [1.807, 2.05) is 37.3 Å². The first-order valence-corrected chi connectivity index (χ1v) is 7.61. The Morgan fingerprint density at radius 2 is 1.84 bits per heavy atom. The zero-order valence-electron chi connectivity index (χ0n) is 13.5. The predicted octanol–water partition coefficient (Wildman–Crippen LogP) is 3.65. The first kappa shape index (κ1) is 16.1. The zero-order chi connectivity index (χ0) is 17.6. The van der Waals surface area contributed by atoms with Crippen LogP contribution in [-0.2, 0) is 0 Å². The van der Waals surface area contributed by atoms with Crippen LogP contribution < -0.4 is 10.6 Å². The number of hydrogen-bond acceptors (Lipinski definition) is 5. The lowest BCUT2D eigenvalue weighted by molar-refractivity contribution is 0.102. The van der Waals surface area contributed by atoms with Crippen molar-refractivity contribution in [2.45, 2.75) is 6.92 Å². The number of aryl methyl sites for hydroxylation is 1. The quantitative estimate of drug-likeness (QED) is 0.762. The summed E-state index contributed by atoms with van der Waals surface area (Å²) in [6, 6.07) is 18.2. The number of anilines is 3. The SMILES string of the molecule is Cc1cccc(NC(=O)c2cc(Nc3cccc(C#N)c3)ncn2)c1. The Labute approximate surface area is 145 Å². The van der Waals surface area contributed by atoms with Crippen molar-refractivity contribution in [3.63, 3.8) is 0 Å². The summed E-state index contributed by atoms with van der Waals surface area (Å²) < 4.78 is 0. The molecule has 3 aromatic rings. The molecule has 1 aromatic heterocycles. The molecule has 6 heteroatoms. The fraction of sp³-hybridized carbons (Fsp3) is 0.0526. The molecule has 2 N–H and O–H groups in total. The second kappa shape index (κ2) is 7.23. The van der Waals surface area contributed by atoms with Gasteiger partial charge < -0.3 is 10.6 Å². The molecule has 0 fully saturated rings. The molecule has 6 nitrogen and oxygen atoms in total. The first-order valence-electron chi connectivity index (χ1n) is 7.61. The molecule has 1 amide bonds. The minimum absolute atomic E-state index is 0.246. The number of benzene rings is 2. The third kappa shape index (κ3) is 4.18. The Kier molecular flexibility index (Phi) is 4.67. The van der Waals surface area contributed by atoms with Crippen molar-refractivity contribution in [2.24, 2.45) is 0 Å². The fourth-order valence-corrected chi connectivity index (χ4v) is 2.28. The maximum atomic E-state index is 12.4. The molecule has 0 aliphatic heterocycles. The minimum atomic E-state index is -0.318. The van der Waals surface area contributed by atoms with Gasteiger partial charge >= 0.3 is 0 Å². The molecule has 0 radical (unpaired) electrons. The van der Waals surface area contributed by atoms with E-state index in [9.17, 15) is 4.79 Å². The molecule has 25 heavy (non-hydrogen) atoms. The summed E-state index contributed by atoms with van der Waals surface area (Å²) in [6.45, 7) is 1.96. The number of carbonyl (C=O) groups excluding carboxylic acids is 1. The van der Waals surface area contributed by atoms with E-state index in [-0.39, 0.29) is 11.6 Å². The Hall–Kier alpha value is -3.72. The maximum Gasteiger partial charge on any atom is 0.274 e. The number of nitriles is 1. The van der Waals surface area contributed by atoms with Crippen LogP contribution in [0.2, 0.25) is 0 Å². The van der Waals surface area contributed by atoms with E-state index in [0.717, 1.165) is 5.56 Å². The van der Waals surface area contributed by atoms with Crippen molar-refractivity contribution in [1.82, 2.24) is 9.97 Å². The van der Waals surface area contributed by atoms with Gasteiger partial charge in [0.1, 0.15) is 17.8 Å². The average molecular weight is 329 g/mol. The zero-order valence-corrected chi connectivity index (χ0v) is 13.5. The predicted molar refractivity (Wildman–Crippen MR) is 95.6 cm³/mol. The van der Waals surface area contributed by atoms with Crippen molar-refractivity contribution in [1.29, 1.82) is 5.26 Å². The highest BCUT2D eigenvalue weighted by atomic mass is 16.1. The highest BCUT2D eigenvalue weighted by Crippen LogP contribution is 2.17. The number of rotatable bonds is 4. The molecule has 0 bridgehead atoms. The largest absolute Gasteiger partial charge is 0.340 e. The smallest absolute Gasteiger partial charge is 0.274 e. The summed E-state index contributed by atoms with van der Waals surface area (Å²) >= 11 is 0. The molecular formula is C19H15N5O. The number of aromatic nitrogens is 2. The second-order valence-electron chi connectivity index (χ2n) is 5.43. The van der Waals surface area contributed by atoms with E-state index in [4.69, 9.17) is 5.26 Å². The number of nitrogens with zero attached hydrogens (tertiary/aromatic N) is 3. The molecule has 2 aromatic carbocycles. The highest BCUT2D eigenvalue weighted by molar-refractivity contribution is 6.03. The van der Waals surface area contributed by atoms with Crippen molar-refractivity contribution in [2.75, 3.05) is 10.6 Å². The Morgan fingerprint density at radius 3 is 2.64 bits per heavy atom. The lowest BCUT2D eigenvalue weighted by Gasteiger charge is -2.08. The van der Waals surface area contributed by atoms with E-state index in [1.54, 1.807) is 24.3 Å². The van der Waals surface area contributed by atoms with Gasteiger partial charge in [-0.15, -0.1) is 0 Å². The molecule has 122 valence electrons. The van der Waals surface area contributed by atoms with Crippen LogP contribution >= 0.6 is 0 Å². The van der Waals surface area contributed by atoms with E-state index in [2.05, 4.69) is 26.7 Å². The highest BCUT2D eigenvalue weighted by Gasteiger charge is 2.09. The van der Waals surface area contributed by atoms with Gasteiger partial charge in [-0.25, -0.2) is 9.97 Å². The molecule has 1 heterocycles. The van der Waals surface area contributed by atoms with Gasteiger partial charge in [-0.3, -0.25) is 4.79 Å². The molecule has 0 aliphatic rings. The van der Waals surface area contributed by atoms with Crippen LogP contribution in [0.4, 0.5) is 17.2 Å². The third-order valence-electron chi connectivity index (χ3n) is 3.44. The van der Waals surface area contributed by atoms with Crippen LogP contribution in [0.3, 0.4) is 0 Å². The van der Waals surface area contributed by atoms with Gasteiger partial charge in [0.25, 0.3) is 5.91 Å². The van der Waals surface area contributed by atoms with Crippen molar-refractivity contribution in [3.8, 4) is 6.07 Å². The first-order chi connectivity index (χ1) is 12.1. The topological polar surface area (TPSA) is 90.7 Å². The van der Waals surface area contributed by atoms with Gasteiger partial charge in [-0.05, 0) is 42.8 Å². The van der Waals surface area contributed by atoms with Crippen LogP contribution in [0, 0.1) is 18.3 Å². The Balaban J connectivity index is 1.76. The van der Waals surface area contributed by atoms with E-state index >= 15 is 0 Å². The summed E-state index contributed by atoms with van der Waals surface area (Å²) in [4.78, 5) is 20.5. The van der Waals surface area contributed by atoms with Gasteiger partial charge in [0.15, 0.2) is 0 Å². The molecular weight excluding hydrogens is 314 g/mol. The number of hydrogen-bond donors (Lipinski definition) is 2. The van der Waals surface area contributed by atoms with Crippen molar-refractivity contribution < 1.29 is 4.79 Å². The Morgan fingerprint density at radius 1 is 1.04 bits per heavy atom. The number of carbonyl (C=O) groups is 1. The monoisotopic (exact) mass is 329 g/mol. The normalized spacial score (nSPS) is 9.92.